The Labute approximate surface area is 135 Å². The molecular weight excluding hydrogens is 294 g/mol. The predicted octanol–water partition coefficient (Wildman–Crippen LogP) is 1.77. The van der Waals surface area contributed by atoms with Crippen LogP contribution >= 0.6 is 0 Å². The third-order valence-electron chi connectivity index (χ3n) is 3.66. The van der Waals surface area contributed by atoms with E-state index in [1.54, 1.807) is 0 Å². The maximum Gasteiger partial charge on any atom is 0.201 e. The summed E-state index contributed by atoms with van der Waals surface area (Å²) in [6.07, 6.45) is 3.16. The molecule has 1 N–H and O–H groups in total. The first-order valence-electron chi connectivity index (χ1n) is 7.86. The predicted molar refractivity (Wildman–Crippen MR) is 86.3 cm³/mol. The minimum atomic E-state index is 0.634. The molecule has 0 bridgehead atoms. The second kappa shape index (κ2) is 7.73. The van der Waals surface area contributed by atoms with Crippen LogP contribution in [0.4, 0.5) is 0 Å². The molecule has 0 aliphatic carbocycles. The summed E-state index contributed by atoms with van der Waals surface area (Å²) in [6, 6.07) is 7.75. The number of rotatable bonds is 7. The first kappa shape index (κ1) is 15.5. The quantitative estimate of drug-likeness (QED) is 0.839. The number of nitrogens with one attached hydrogen (secondary N) is 1. The standard InChI is InChI=1S/C16H21N5O2/c1-2-22-14-6-3-7-15(11-14)23-10-9-21-8-4-5-13(12-21)16-17-19-20-18-16/h3,5-7,11H,2,4,8-10,12H2,1H3,(H,17,18,19,20). The molecule has 0 radical (unpaired) electrons. The minimum Gasteiger partial charge on any atom is -0.494 e. The molecule has 0 atom stereocenters. The molecule has 1 aromatic heterocycles. The van der Waals surface area contributed by atoms with Gasteiger partial charge in [0.15, 0.2) is 0 Å². The van der Waals surface area contributed by atoms with Crippen molar-refractivity contribution in [2.24, 2.45) is 0 Å². The molecule has 0 fully saturated rings. The van der Waals surface area contributed by atoms with Crippen molar-refractivity contribution in [2.75, 3.05) is 32.8 Å². The summed E-state index contributed by atoms with van der Waals surface area (Å²) < 4.78 is 11.3. The van der Waals surface area contributed by atoms with Gasteiger partial charge in [-0.1, -0.05) is 12.1 Å². The molecule has 7 nitrogen and oxygen atoms in total. The number of aromatic nitrogens is 4. The summed E-state index contributed by atoms with van der Waals surface area (Å²) in [6.45, 7) is 5.95. The van der Waals surface area contributed by atoms with Crippen LogP contribution in [0.15, 0.2) is 30.3 Å². The summed E-state index contributed by atoms with van der Waals surface area (Å²) in [5, 5.41) is 14.2. The maximum atomic E-state index is 5.83. The third kappa shape index (κ3) is 4.29. The average Bonchev–Trinajstić information content (AvgIpc) is 3.10. The average molecular weight is 315 g/mol. The Morgan fingerprint density at radius 1 is 1.26 bits per heavy atom. The Balaban J connectivity index is 1.47. The van der Waals surface area contributed by atoms with E-state index in [9.17, 15) is 0 Å². The zero-order valence-electron chi connectivity index (χ0n) is 13.2. The van der Waals surface area contributed by atoms with Crippen LogP contribution in [0.3, 0.4) is 0 Å². The highest BCUT2D eigenvalue weighted by molar-refractivity contribution is 5.61. The number of aromatic amines is 1. The van der Waals surface area contributed by atoms with Crippen molar-refractivity contribution in [3.05, 3.63) is 36.2 Å². The lowest BCUT2D eigenvalue weighted by molar-refractivity contribution is 0.222. The molecule has 2 heterocycles. The van der Waals surface area contributed by atoms with Crippen molar-refractivity contribution in [2.45, 2.75) is 13.3 Å². The van der Waals surface area contributed by atoms with E-state index in [2.05, 4.69) is 31.6 Å². The summed E-state index contributed by atoms with van der Waals surface area (Å²) in [7, 11) is 0. The van der Waals surface area contributed by atoms with Gasteiger partial charge in [-0.25, -0.2) is 0 Å². The van der Waals surface area contributed by atoms with Crippen molar-refractivity contribution in [1.29, 1.82) is 0 Å². The van der Waals surface area contributed by atoms with E-state index in [-0.39, 0.29) is 0 Å². The number of nitrogens with zero attached hydrogens (tertiary/aromatic N) is 4. The smallest absolute Gasteiger partial charge is 0.201 e. The second-order valence-corrected chi connectivity index (χ2v) is 5.29. The van der Waals surface area contributed by atoms with Crippen LogP contribution in [0.2, 0.25) is 0 Å². The number of H-pyrrole nitrogens is 1. The molecule has 122 valence electrons. The normalized spacial score (nSPS) is 15.3. The Morgan fingerprint density at radius 2 is 2.13 bits per heavy atom. The Bertz CT molecular complexity index is 642. The van der Waals surface area contributed by atoms with Crippen LogP contribution in [0.1, 0.15) is 19.2 Å². The summed E-state index contributed by atoms with van der Waals surface area (Å²) in [4.78, 5) is 2.33. The van der Waals surface area contributed by atoms with Crippen LogP contribution in [0.5, 0.6) is 11.5 Å². The molecule has 1 aliphatic heterocycles. The van der Waals surface area contributed by atoms with E-state index < -0.39 is 0 Å². The monoisotopic (exact) mass is 315 g/mol. The molecule has 0 saturated carbocycles. The number of benzene rings is 1. The maximum absolute atomic E-state index is 5.83. The fourth-order valence-electron chi connectivity index (χ4n) is 2.57. The first-order chi connectivity index (χ1) is 11.3. The van der Waals surface area contributed by atoms with Crippen molar-refractivity contribution in [1.82, 2.24) is 25.5 Å². The number of ether oxygens (including phenoxy) is 2. The van der Waals surface area contributed by atoms with Crippen LogP contribution < -0.4 is 9.47 Å². The van der Waals surface area contributed by atoms with Gasteiger partial charge in [-0.15, -0.1) is 10.2 Å². The SMILES string of the molecule is CCOc1cccc(OCCN2CCC=C(c3nn[nH]n3)C2)c1. The van der Waals surface area contributed by atoms with Crippen LogP contribution in [-0.4, -0.2) is 58.4 Å². The van der Waals surface area contributed by atoms with Crippen LogP contribution in [-0.2, 0) is 0 Å². The van der Waals surface area contributed by atoms with Gasteiger partial charge >= 0.3 is 0 Å². The van der Waals surface area contributed by atoms with Gasteiger partial charge in [-0.05, 0) is 30.7 Å². The number of tetrazole rings is 1. The Kier molecular flexibility index (Phi) is 5.21. The fraction of sp³-hybridized carbons (Fsp3) is 0.438. The summed E-state index contributed by atoms with van der Waals surface area (Å²) >= 11 is 0. The third-order valence-corrected chi connectivity index (χ3v) is 3.66. The number of hydrogen-bond acceptors (Lipinski definition) is 6. The summed E-state index contributed by atoms with van der Waals surface area (Å²) in [5.74, 6) is 2.35. The van der Waals surface area contributed by atoms with Gasteiger partial charge in [0.2, 0.25) is 5.82 Å². The van der Waals surface area contributed by atoms with Gasteiger partial charge in [0.05, 0.1) is 6.61 Å². The lowest BCUT2D eigenvalue weighted by Gasteiger charge is -2.25. The van der Waals surface area contributed by atoms with E-state index in [4.69, 9.17) is 9.47 Å². The molecule has 0 unspecified atom stereocenters. The highest BCUT2D eigenvalue weighted by Crippen LogP contribution is 2.20. The topological polar surface area (TPSA) is 76.2 Å². The molecule has 0 saturated heterocycles. The van der Waals surface area contributed by atoms with Gasteiger partial charge in [0.25, 0.3) is 0 Å². The Hall–Kier alpha value is -2.41. The zero-order valence-corrected chi connectivity index (χ0v) is 13.2. The van der Waals surface area contributed by atoms with Gasteiger partial charge in [0, 0.05) is 31.3 Å². The molecular formula is C16H21N5O2. The Morgan fingerprint density at radius 3 is 2.91 bits per heavy atom. The molecule has 3 rings (SSSR count). The van der Waals surface area contributed by atoms with E-state index >= 15 is 0 Å². The lowest BCUT2D eigenvalue weighted by Crippen LogP contribution is -2.33. The first-order valence-corrected chi connectivity index (χ1v) is 7.86. The van der Waals surface area contributed by atoms with E-state index in [0.717, 1.165) is 43.1 Å². The minimum absolute atomic E-state index is 0.634. The van der Waals surface area contributed by atoms with E-state index in [1.807, 2.05) is 31.2 Å². The molecule has 0 spiro atoms. The van der Waals surface area contributed by atoms with Crippen molar-refractivity contribution in [3.8, 4) is 11.5 Å². The summed E-state index contributed by atoms with van der Waals surface area (Å²) in [5.41, 5.74) is 1.11. The van der Waals surface area contributed by atoms with Crippen LogP contribution in [0, 0.1) is 0 Å². The van der Waals surface area contributed by atoms with E-state index in [0.29, 0.717) is 19.0 Å². The molecule has 2 aromatic rings. The zero-order chi connectivity index (χ0) is 15.9. The van der Waals surface area contributed by atoms with Crippen LogP contribution in [0.25, 0.3) is 5.57 Å². The van der Waals surface area contributed by atoms with Gasteiger partial charge in [-0.3, -0.25) is 4.90 Å². The van der Waals surface area contributed by atoms with Gasteiger partial charge in [0.1, 0.15) is 18.1 Å². The van der Waals surface area contributed by atoms with Crippen molar-refractivity contribution < 1.29 is 9.47 Å². The lowest BCUT2D eigenvalue weighted by atomic mass is 10.1. The highest BCUT2D eigenvalue weighted by atomic mass is 16.5. The highest BCUT2D eigenvalue weighted by Gasteiger charge is 2.16. The van der Waals surface area contributed by atoms with Crippen molar-refractivity contribution >= 4 is 5.57 Å². The fourth-order valence-corrected chi connectivity index (χ4v) is 2.57. The molecule has 1 aliphatic rings. The van der Waals surface area contributed by atoms with Gasteiger partial charge in [-0.2, -0.15) is 5.21 Å². The molecule has 7 heteroatoms. The molecule has 0 amide bonds. The second-order valence-electron chi connectivity index (χ2n) is 5.29. The molecule has 1 aromatic carbocycles. The van der Waals surface area contributed by atoms with Gasteiger partial charge < -0.3 is 9.47 Å². The van der Waals surface area contributed by atoms with E-state index in [1.165, 1.54) is 0 Å². The van der Waals surface area contributed by atoms with Crippen molar-refractivity contribution in [3.63, 3.8) is 0 Å². The number of hydrogen-bond donors (Lipinski definition) is 1. The molecule has 23 heavy (non-hydrogen) atoms. The largest absolute Gasteiger partial charge is 0.494 e.